The summed E-state index contributed by atoms with van der Waals surface area (Å²) in [7, 11) is 0. The number of aromatic nitrogens is 2. The van der Waals surface area contributed by atoms with Crippen molar-refractivity contribution in [3.8, 4) is 0 Å². The molecule has 1 spiro atoms. The van der Waals surface area contributed by atoms with E-state index in [1.165, 1.54) is 0 Å². The quantitative estimate of drug-likeness (QED) is 0.830. The molecule has 2 N–H and O–H groups in total. The third-order valence-electron chi connectivity index (χ3n) is 5.32. The van der Waals surface area contributed by atoms with Crippen molar-refractivity contribution >= 4 is 5.91 Å². The number of carbonyl (C=O) groups is 1. The molecule has 2 heterocycles. The van der Waals surface area contributed by atoms with Crippen LogP contribution >= 0.6 is 0 Å². The lowest BCUT2D eigenvalue weighted by molar-refractivity contribution is -0.211. The fourth-order valence-corrected chi connectivity index (χ4v) is 3.93. The van der Waals surface area contributed by atoms with Gasteiger partial charge < -0.3 is 19.8 Å². The van der Waals surface area contributed by atoms with Gasteiger partial charge in [-0.2, -0.15) is 0 Å². The normalized spacial score (nSPS) is 25.6. The number of piperidine rings is 1. The Morgan fingerprint density at radius 3 is 2.67 bits per heavy atom. The first kappa shape index (κ1) is 17.3. The number of aliphatic hydroxyl groups is 2. The van der Waals surface area contributed by atoms with Gasteiger partial charge >= 0.3 is 0 Å². The molecule has 1 aromatic heterocycles. The Kier molecular flexibility index (Phi) is 4.85. The first-order valence-corrected chi connectivity index (χ1v) is 8.48. The van der Waals surface area contributed by atoms with E-state index in [1.54, 1.807) is 17.9 Å². The highest BCUT2D eigenvalue weighted by Gasteiger charge is 2.56. The molecule has 1 aliphatic heterocycles. The molecule has 2 atom stereocenters. The van der Waals surface area contributed by atoms with Gasteiger partial charge in [0.2, 0.25) is 0 Å². The van der Waals surface area contributed by atoms with E-state index in [9.17, 15) is 9.90 Å². The van der Waals surface area contributed by atoms with Crippen LogP contribution in [0.2, 0.25) is 0 Å². The zero-order valence-corrected chi connectivity index (χ0v) is 14.2. The second-order valence-electron chi connectivity index (χ2n) is 6.80. The average molecular weight is 335 g/mol. The maximum absolute atomic E-state index is 12.7. The summed E-state index contributed by atoms with van der Waals surface area (Å²) < 4.78 is 5.67. The number of hydrogen-bond acceptors (Lipinski definition) is 6. The zero-order chi connectivity index (χ0) is 17.3. The van der Waals surface area contributed by atoms with Gasteiger partial charge in [0, 0.05) is 30.6 Å². The maximum Gasteiger partial charge on any atom is 0.272 e. The fraction of sp³-hybridized carbons (Fsp3) is 0.706. The van der Waals surface area contributed by atoms with Crippen molar-refractivity contribution in [3.63, 3.8) is 0 Å². The highest BCUT2D eigenvalue weighted by molar-refractivity contribution is 5.92. The van der Waals surface area contributed by atoms with Gasteiger partial charge in [-0.1, -0.05) is 0 Å². The summed E-state index contributed by atoms with van der Waals surface area (Å²) in [6.45, 7) is 5.07. The van der Waals surface area contributed by atoms with Crippen molar-refractivity contribution in [2.45, 2.75) is 45.3 Å². The Bertz CT molecular complexity index is 594. The minimum absolute atomic E-state index is 0.0142. The molecule has 2 aliphatic rings. The van der Waals surface area contributed by atoms with E-state index < -0.39 is 0 Å². The van der Waals surface area contributed by atoms with E-state index in [1.807, 2.05) is 6.92 Å². The van der Waals surface area contributed by atoms with E-state index in [0.717, 1.165) is 5.69 Å². The molecule has 0 aromatic carbocycles. The summed E-state index contributed by atoms with van der Waals surface area (Å²) in [5.41, 5.74) is 0.938. The van der Waals surface area contributed by atoms with Gasteiger partial charge in [-0.25, -0.2) is 9.97 Å². The lowest BCUT2D eigenvalue weighted by Crippen LogP contribution is -2.62. The van der Waals surface area contributed by atoms with Crippen molar-refractivity contribution in [2.24, 2.45) is 5.41 Å². The monoisotopic (exact) mass is 335 g/mol. The Morgan fingerprint density at radius 2 is 2.08 bits per heavy atom. The van der Waals surface area contributed by atoms with Crippen LogP contribution in [0.25, 0.3) is 0 Å². The third kappa shape index (κ3) is 3.03. The maximum atomic E-state index is 12.7. The molecule has 0 radical (unpaired) electrons. The Labute approximate surface area is 141 Å². The molecule has 1 saturated carbocycles. The Morgan fingerprint density at radius 1 is 1.38 bits per heavy atom. The van der Waals surface area contributed by atoms with Crippen molar-refractivity contribution in [2.75, 3.05) is 26.3 Å². The number of amides is 1. The lowest BCUT2D eigenvalue weighted by atomic mass is 9.58. The first-order chi connectivity index (χ1) is 11.5. The molecule has 132 valence electrons. The molecular weight excluding hydrogens is 310 g/mol. The molecule has 0 unspecified atom stereocenters. The van der Waals surface area contributed by atoms with Gasteiger partial charge in [0.1, 0.15) is 11.5 Å². The minimum atomic E-state index is -0.387. The van der Waals surface area contributed by atoms with Gasteiger partial charge in [0.05, 0.1) is 25.4 Å². The number of nitrogens with zero attached hydrogens (tertiary/aromatic N) is 3. The predicted octanol–water partition coefficient (Wildman–Crippen LogP) is 0.458. The number of aliphatic hydroxyl groups excluding tert-OH is 2. The van der Waals surface area contributed by atoms with E-state index in [-0.39, 0.29) is 30.1 Å². The summed E-state index contributed by atoms with van der Waals surface area (Å²) in [6.07, 6.45) is 1.61. The topological polar surface area (TPSA) is 95.8 Å². The van der Waals surface area contributed by atoms with Gasteiger partial charge in [0.15, 0.2) is 0 Å². The highest BCUT2D eigenvalue weighted by Crippen LogP contribution is 2.51. The molecule has 1 saturated heterocycles. The smallest absolute Gasteiger partial charge is 0.272 e. The summed E-state index contributed by atoms with van der Waals surface area (Å²) in [4.78, 5) is 22.9. The van der Waals surface area contributed by atoms with E-state index in [4.69, 9.17) is 9.84 Å². The number of ether oxygens (including phenoxy) is 1. The Balaban J connectivity index is 1.65. The third-order valence-corrected chi connectivity index (χ3v) is 5.32. The number of rotatable bonds is 4. The van der Waals surface area contributed by atoms with Crippen LogP contribution in [0.3, 0.4) is 0 Å². The average Bonchev–Trinajstić information content (AvgIpc) is 2.57. The molecule has 24 heavy (non-hydrogen) atoms. The molecule has 7 heteroatoms. The summed E-state index contributed by atoms with van der Waals surface area (Å²) in [5.74, 6) is 0.513. The predicted molar refractivity (Wildman–Crippen MR) is 86.5 cm³/mol. The van der Waals surface area contributed by atoms with Gasteiger partial charge in [-0.3, -0.25) is 4.79 Å². The number of hydrogen-bond donors (Lipinski definition) is 2. The van der Waals surface area contributed by atoms with Crippen LogP contribution in [0.15, 0.2) is 6.07 Å². The SMILES string of the molecule is Cc1cc(C(=O)N2CCC3(CC2)[C@H](O)C[C@@H]3OCCO)nc(C)n1. The van der Waals surface area contributed by atoms with Crippen LogP contribution in [0, 0.1) is 19.3 Å². The van der Waals surface area contributed by atoms with Crippen molar-refractivity contribution < 1.29 is 19.7 Å². The molecule has 1 aromatic rings. The summed E-state index contributed by atoms with van der Waals surface area (Å²) in [6, 6.07) is 1.71. The van der Waals surface area contributed by atoms with E-state index in [2.05, 4.69) is 9.97 Å². The van der Waals surface area contributed by atoms with Gasteiger partial charge in [-0.05, 0) is 32.8 Å². The molecule has 7 nitrogen and oxygen atoms in total. The largest absolute Gasteiger partial charge is 0.394 e. The number of aryl methyl sites for hydroxylation is 2. The highest BCUT2D eigenvalue weighted by atomic mass is 16.5. The standard InChI is InChI=1S/C17H25N3O4/c1-11-9-13(19-12(2)18-11)16(23)20-5-3-17(4-6-20)14(22)10-15(17)24-8-7-21/h9,14-15,21-22H,3-8,10H2,1-2H3/t14-,15+/m1/s1. The number of carbonyl (C=O) groups excluding carboxylic acids is 1. The summed E-state index contributed by atoms with van der Waals surface area (Å²) in [5, 5.41) is 19.2. The molecule has 1 amide bonds. The van der Waals surface area contributed by atoms with Crippen molar-refractivity contribution in [3.05, 3.63) is 23.3 Å². The van der Waals surface area contributed by atoms with Crippen LogP contribution in [0.5, 0.6) is 0 Å². The van der Waals surface area contributed by atoms with Gasteiger partial charge in [0.25, 0.3) is 5.91 Å². The molecular formula is C17H25N3O4. The zero-order valence-electron chi connectivity index (χ0n) is 14.2. The first-order valence-electron chi connectivity index (χ1n) is 8.48. The van der Waals surface area contributed by atoms with Crippen LogP contribution in [-0.2, 0) is 4.74 Å². The molecule has 3 rings (SSSR count). The van der Waals surface area contributed by atoms with Crippen molar-refractivity contribution in [1.82, 2.24) is 14.9 Å². The lowest BCUT2D eigenvalue weighted by Gasteiger charge is -2.56. The molecule has 0 bridgehead atoms. The van der Waals surface area contributed by atoms with Crippen LogP contribution < -0.4 is 0 Å². The molecule has 1 aliphatic carbocycles. The Hall–Kier alpha value is -1.57. The second-order valence-corrected chi connectivity index (χ2v) is 6.80. The van der Waals surface area contributed by atoms with Crippen LogP contribution in [-0.4, -0.2) is 69.5 Å². The summed E-state index contributed by atoms with van der Waals surface area (Å²) >= 11 is 0. The van der Waals surface area contributed by atoms with Crippen molar-refractivity contribution in [1.29, 1.82) is 0 Å². The number of likely N-dealkylation sites (tertiary alicyclic amines) is 1. The van der Waals surface area contributed by atoms with Gasteiger partial charge in [-0.15, -0.1) is 0 Å². The van der Waals surface area contributed by atoms with E-state index in [0.29, 0.717) is 50.5 Å². The van der Waals surface area contributed by atoms with Crippen LogP contribution in [0.1, 0.15) is 41.3 Å². The van der Waals surface area contributed by atoms with E-state index >= 15 is 0 Å². The van der Waals surface area contributed by atoms with Crippen LogP contribution in [0.4, 0.5) is 0 Å². The molecule has 2 fully saturated rings. The second kappa shape index (κ2) is 6.74. The fourth-order valence-electron chi connectivity index (χ4n) is 3.93. The minimum Gasteiger partial charge on any atom is -0.394 e.